The largest absolute Gasteiger partial charge is 0.475 e. The van der Waals surface area contributed by atoms with Gasteiger partial charge in [0.1, 0.15) is 0 Å². The first-order valence-corrected chi connectivity index (χ1v) is 8.32. The highest BCUT2D eigenvalue weighted by atomic mass is 35.5. The number of pyridine rings is 1. The minimum atomic E-state index is 0. The average molecular weight is 349 g/mol. The molecule has 0 fully saturated rings. The normalized spacial score (nSPS) is 12.7. The Morgan fingerprint density at radius 1 is 1.21 bits per heavy atom. The van der Waals surface area contributed by atoms with E-state index in [1.54, 1.807) is 0 Å². The molecule has 1 heterocycles. The van der Waals surface area contributed by atoms with Crippen molar-refractivity contribution in [1.82, 2.24) is 4.98 Å². The molecule has 1 aliphatic rings. The van der Waals surface area contributed by atoms with E-state index in [1.807, 2.05) is 32.0 Å². The van der Waals surface area contributed by atoms with E-state index in [2.05, 4.69) is 22.4 Å². The minimum absolute atomic E-state index is 0. The van der Waals surface area contributed by atoms with Gasteiger partial charge in [0.15, 0.2) is 0 Å². The van der Waals surface area contributed by atoms with Gasteiger partial charge in [0.25, 0.3) is 0 Å². The molecule has 0 aliphatic heterocycles. The van der Waals surface area contributed by atoms with Crippen molar-refractivity contribution in [2.75, 3.05) is 11.9 Å². The molecule has 0 amide bonds. The molecule has 0 saturated carbocycles. The summed E-state index contributed by atoms with van der Waals surface area (Å²) in [6.45, 7) is 4.21. The van der Waals surface area contributed by atoms with Crippen LogP contribution in [0.3, 0.4) is 0 Å². The van der Waals surface area contributed by atoms with Crippen LogP contribution in [0.4, 0.5) is 11.4 Å². The lowest BCUT2D eigenvalue weighted by Gasteiger charge is -2.15. The molecule has 24 heavy (non-hydrogen) atoms. The van der Waals surface area contributed by atoms with Crippen LogP contribution in [0.15, 0.2) is 30.3 Å². The Balaban J connectivity index is 0.00000208. The predicted octanol–water partition coefficient (Wildman–Crippen LogP) is 4.06. The molecule has 0 saturated heterocycles. The van der Waals surface area contributed by atoms with Gasteiger partial charge in [-0.2, -0.15) is 0 Å². The van der Waals surface area contributed by atoms with Crippen molar-refractivity contribution < 1.29 is 9.84 Å². The number of nitrogens with zero attached hydrogens (tertiary/aromatic N) is 1. The average Bonchev–Trinajstić information content (AvgIpc) is 2.97. The van der Waals surface area contributed by atoms with Gasteiger partial charge in [0, 0.05) is 29.7 Å². The van der Waals surface area contributed by atoms with Gasteiger partial charge in [-0.3, -0.25) is 0 Å². The molecular formula is C19H25ClN2O2. The number of aliphatic hydroxyl groups excluding tert-OH is 1. The summed E-state index contributed by atoms with van der Waals surface area (Å²) in [6, 6.07) is 10.2. The van der Waals surface area contributed by atoms with Gasteiger partial charge in [-0.15, -0.1) is 12.4 Å². The number of hydrogen-bond donors (Lipinski definition) is 2. The molecule has 4 nitrogen and oxygen atoms in total. The summed E-state index contributed by atoms with van der Waals surface area (Å²) in [5.41, 5.74) is 5.74. The van der Waals surface area contributed by atoms with Crippen molar-refractivity contribution in [3.8, 4) is 5.88 Å². The van der Waals surface area contributed by atoms with E-state index < -0.39 is 0 Å². The van der Waals surface area contributed by atoms with Crippen LogP contribution in [-0.2, 0) is 19.3 Å². The van der Waals surface area contributed by atoms with E-state index in [4.69, 9.17) is 9.84 Å². The summed E-state index contributed by atoms with van der Waals surface area (Å²) < 4.78 is 5.79. The van der Waals surface area contributed by atoms with Crippen LogP contribution in [0.1, 0.15) is 37.1 Å². The molecule has 0 radical (unpaired) electrons. The van der Waals surface area contributed by atoms with Crippen molar-refractivity contribution in [3.63, 3.8) is 0 Å². The number of aliphatic hydroxyl groups is 1. The van der Waals surface area contributed by atoms with E-state index in [1.165, 1.54) is 5.56 Å². The second-order valence-electron chi connectivity index (χ2n) is 6.25. The lowest BCUT2D eigenvalue weighted by Crippen LogP contribution is -2.09. The molecule has 3 rings (SSSR count). The number of nitrogens with one attached hydrogen (secondary N) is 1. The van der Waals surface area contributed by atoms with E-state index in [-0.39, 0.29) is 25.1 Å². The van der Waals surface area contributed by atoms with Gasteiger partial charge in [0.05, 0.1) is 6.10 Å². The van der Waals surface area contributed by atoms with E-state index in [0.717, 1.165) is 41.9 Å². The Kier molecular flexibility index (Phi) is 6.46. The molecule has 1 aromatic carbocycles. The lowest BCUT2D eigenvalue weighted by molar-refractivity contribution is 0.232. The lowest BCUT2D eigenvalue weighted by atomic mass is 10.1. The van der Waals surface area contributed by atoms with Crippen LogP contribution in [0.2, 0.25) is 0 Å². The van der Waals surface area contributed by atoms with Crippen molar-refractivity contribution in [2.45, 2.75) is 45.6 Å². The number of ether oxygens (including phenoxy) is 1. The van der Waals surface area contributed by atoms with Crippen LogP contribution >= 0.6 is 12.4 Å². The second-order valence-corrected chi connectivity index (χ2v) is 6.25. The third-order valence-corrected chi connectivity index (χ3v) is 4.02. The number of anilines is 2. The summed E-state index contributed by atoms with van der Waals surface area (Å²) in [5, 5.41) is 12.5. The fourth-order valence-electron chi connectivity index (χ4n) is 2.97. The van der Waals surface area contributed by atoms with Gasteiger partial charge in [-0.1, -0.05) is 12.1 Å². The highest BCUT2D eigenvalue weighted by molar-refractivity contribution is 5.85. The Morgan fingerprint density at radius 2 is 1.96 bits per heavy atom. The molecule has 2 aromatic rings. The fraction of sp³-hybridized carbons (Fsp3) is 0.421. The highest BCUT2D eigenvalue weighted by Gasteiger charge is 2.19. The Hall–Kier alpha value is -1.78. The maximum atomic E-state index is 9.00. The molecule has 0 unspecified atom stereocenters. The number of benzene rings is 1. The maximum absolute atomic E-state index is 9.00. The quantitative estimate of drug-likeness (QED) is 0.826. The van der Waals surface area contributed by atoms with Crippen LogP contribution in [-0.4, -0.2) is 22.8 Å². The number of hydrogen-bond acceptors (Lipinski definition) is 4. The first-order valence-electron chi connectivity index (χ1n) is 8.32. The van der Waals surface area contributed by atoms with Crippen molar-refractivity contribution in [2.24, 2.45) is 0 Å². The molecule has 0 spiro atoms. The van der Waals surface area contributed by atoms with Crippen molar-refractivity contribution in [1.29, 1.82) is 0 Å². The molecule has 5 heteroatoms. The monoisotopic (exact) mass is 348 g/mol. The molecule has 1 aliphatic carbocycles. The standard InChI is InChI=1S/C19H24N2O2.ClH/c1-13(2)23-19-12-18(16-4-3-5-17(16)21-19)20-15-8-6-14(7-9-15)10-11-22;/h6-9,12-13,22H,3-5,10-11H2,1-2H3,(H,20,21);1H. The number of halogens is 1. The molecule has 0 atom stereocenters. The first kappa shape index (κ1) is 18.6. The number of fused-ring (bicyclic) bond motifs is 1. The van der Waals surface area contributed by atoms with Crippen LogP contribution in [0.5, 0.6) is 5.88 Å². The predicted molar refractivity (Wildman–Crippen MR) is 99.8 cm³/mol. The Bertz CT molecular complexity index is 672. The zero-order chi connectivity index (χ0) is 16.2. The smallest absolute Gasteiger partial charge is 0.215 e. The van der Waals surface area contributed by atoms with Gasteiger partial charge in [-0.25, -0.2) is 4.98 Å². The summed E-state index contributed by atoms with van der Waals surface area (Å²) in [5.74, 6) is 0.694. The molecule has 2 N–H and O–H groups in total. The van der Waals surface area contributed by atoms with Gasteiger partial charge in [0.2, 0.25) is 5.88 Å². The molecule has 0 bridgehead atoms. The van der Waals surface area contributed by atoms with E-state index in [0.29, 0.717) is 12.3 Å². The van der Waals surface area contributed by atoms with Gasteiger partial charge in [-0.05, 0) is 62.8 Å². The molecule has 130 valence electrons. The van der Waals surface area contributed by atoms with E-state index in [9.17, 15) is 0 Å². The first-order chi connectivity index (χ1) is 11.2. The summed E-state index contributed by atoms with van der Waals surface area (Å²) >= 11 is 0. The third-order valence-electron chi connectivity index (χ3n) is 4.02. The number of rotatable bonds is 6. The van der Waals surface area contributed by atoms with Crippen LogP contribution in [0.25, 0.3) is 0 Å². The summed E-state index contributed by atoms with van der Waals surface area (Å²) in [7, 11) is 0. The summed E-state index contributed by atoms with van der Waals surface area (Å²) in [6.07, 6.45) is 4.05. The molecule has 1 aromatic heterocycles. The topological polar surface area (TPSA) is 54.4 Å². The maximum Gasteiger partial charge on any atom is 0.215 e. The number of aryl methyl sites for hydroxylation is 1. The van der Waals surface area contributed by atoms with Gasteiger partial charge >= 0.3 is 0 Å². The number of aromatic nitrogens is 1. The zero-order valence-corrected chi connectivity index (χ0v) is 15.0. The molecular weight excluding hydrogens is 324 g/mol. The summed E-state index contributed by atoms with van der Waals surface area (Å²) in [4.78, 5) is 4.64. The van der Waals surface area contributed by atoms with Crippen molar-refractivity contribution in [3.05, 3.63) is 47.2 Å². The third kappa shape index (κ3) is 4.40. The van der Waals surface area contributed by atoms with Crippen molar-refractivity contribution >= 4 is 23.8 Å². The minimum Gasteiger partial charge on any atom is -0.475 e. The Morgan fingerprint density at radius 3 is 2.62 bits per heavy atom. The highest BCUT2D eigenvalue weighted by Crippen LogP contribution is 2.33. The fourth-order valence-corrected chi connectivity index (χ4v) is 2.97. The van der Waals surface area contributed by atoms with Gasteiger partial charge < -0.3 is 15.2 Å². The van der Waals surface area contributed by atoms with E-state index >= 15 is 0 Å². The SMILES string of the molecule is CC(C)Oc1cc(Nc2ccc(CCO)cc2)c2c(n1)CCC2.Cl. The Labute approximate surface area is 149 Å². The second kappa shape index (κ2) is 8.36. The van der Waals surface area contributed by atoms with Crippen LogP contribution < -0.4 is 10.1 Å². The van der Waals surface area contributed by atoms with Crippen LogP contribution in [0, 0.1) is 0 Å². The zero-order valence-electron chi connectivity index (χ0n) is 14.2.